The van der Waals surface area contributed by atoms with Crippen molar-refractivity contribution in [2.75, 3.05) is 26.8 Å². The molecular formula is C22H29N3O3S2. The van der Waals surface area contributed by atoms with E-state index in [2.05, 4.69) is 5.10 Å². The Morgan fingerprint density at radius 3 is 2.57 bits per heavy atom. The molecule has 0 radical (unpaired) electrons. The van der Waals surface area contributed by atoms with E-state index in [0.29, 0.717) is 26.0 Å². The van der Waals surface area contributed by atoms with Crippen LogP contribution in [-0.4, -0.2) is 54.2 Å². The Kier molecular flexibility index (Phi) is 7.44. The van der Waals surface area contributed by atoms with Crippen LogP contribution in [0.5, 0.6) is 0 Å². The average molecular weight is 448 g/mol. The molecule has 162 valence electrons. The molecule has 0 saturated heterocycles. The highest BCUT2D eigenvalue weighted by Crippen LogP contribution is 2.36. The summed E-state index contributed by atoms with van der Waals surface area (Å²) in [6.07, 6.45) is 1.06. The van der Waals surface area contributed by atoms with Crippen LogP contribution in [0.15, 0.2) is 40.1 Å². The summed E-state index contributed by atoms with van der Waals surface area (Å²) < 4.78 is 5.16. The molecule has 1 aliphatic heterocycles. The smallest absolute Gasteiger partial charge is 0.262 e. The van der Waals surface area contributed by atoms with Crippen LogP contribution in [0.4, 0.5) is 0 Å². The van der Waals surface area contributed by atoms with E-state index in [1.807, 2.05) is 55.8 Å². The average Bonchev–Trinajstić information content (AvgIpc) is 3.43. The molecule has 2 aromatic rings. The summed E-state index contributed by atoms with van der Waals surface area (Å²) in [5, 5.41) is 10.3. The number of rotatable bonds is 8. The van der Waals surface area contributed by atoms with Gasteiger partial charge in [-0.3, -0.25) is 9.59 Å². The lowest BCUT2D eigenvalue weighted by atomic mass is 9.91. The van der Waals surface area contributed by atoms with Gasteiger partial charge in [-0.2, -0.15) is 5.10 Å². The highest BCUT2D eigenvalue weighted by molar-refractivity contribution is 7.12. The minimum absolute atomic E-state index is 0.00136. The third-order valence-electron chi connectivity index (χ3n) is 4.77. The molecule has 1 aliphatic rings. The Hall–Kier alpha value is -2.03. The Bertz CT molecular complexity index is 870. The molecular weight excluding hydrogens is 418 g/mol. The molecule has 2 amide bonds. The summed E-state index contributed by atoms with van der Waals surface area (Å²) in [6, 6.07) is 7.92. The van der Waals surface area contributed by atoms with E-state index in [1.54, 1.807) is 39.7 Å². The first-order valence-corrected chi connectivity index (χ1v) is 11.8. The van der Waals surface area contributed by atoms with Crippen molar-refractivity contribution in [1.82, 2.24) is 9.91 Å². The van der Waals surface area contributed by atoms with E-state index >= 15 is 0 Å². The van der Waals surface area contributed by atoms with Gasteiger partial charge < -0.3 is 9.64 Å². The van der Waals surface area contributed by atoms with Crippen molar-refractivity contribution in [2.45, 2.75) is 39.7 Å². The second-order valence-corrected chi connectivity index (χ2v) is 10.5. The molecule has 0 spiro atoms. The zero-order valence-electron chi connectivity index (χ0n) is 18.0. The van der Waals surface area contributed by atoms with E-state index in [-0.39, 0.29) is 29.8 Å². The number of nitrogens with zero attached hydrogens (tertiary/aromatic N) is 3. The second-order valence-electron chi connectivity index (χ2n) is 8.54. The van der Waals surface area contributed by atoms with Crippen LogP contribution in [0.3, 0.4) is 0 Å². The van der Waals surface area contributed by atoms with Gasteiger partial charge in [0.25, 0.3) is 5.91 Å². The summed E-state index contributed by atoms with van der Waals surface area (Å²) in [7, 11) is 1.60. The Morgan fingerprint density at radius 1 is 1.23 bits per heavy atom. The number of thiophene rings is 2. The molecule has 8 heteroatoms. The Morgan fingerprint density at radius 2 is 1.97 bits per heavy atom. The molecule has 0 bridgehead atoms. The van der Waals surface area contributed by atoms with Gasteiger partial charge in [0, 0.05) is 31.4 Å². The number of carbonyl (C=O) groups is 2. The number of hydrazone groups is 1. The molecule has 0 fully saturated rings. The maximum Gasteiger partial charge on any atom is 0.262 e. The molecule has 3 rings (SSSR count). The maximum atomic E-state index is 13.3. The van der Waals surface area contributed by atoms with E-state index in [1.165, 1.54) is 0 Å². The number of hydrogen-bond acceptors (Lipinski definition) is 6. The Labute approximate surface area is 186 Å². The number of hydrogen-bond donors (Lipinski definition) is 0. The van der Waals surface area contributed by atoms with Crippen LogP contribution < -0.4 is 0 Å². The number of carbonyl (C=O) groups excluding carboxylic acids is 2. The lowest BCUT2D eigenvalue weighted by molar-refractivity contribution is -0.143. The lowest BCUT2D eigenvalue weighted by Crippen LogP contribution is -2.43. The quantitative estimate of drug-likeness (QED) is 0.603. The fourth-order valence-electron chi connectivity index (χ4n) is 3.33. The van der Waals surface area contributed by atoms with Crippen molar-refractivity contribution in [3.63, 3.8) is 0 Å². The summed E-state index contributed by atoms with van der Waals surface area (Å²) in [5.41, 5.74) is 0.768. The summed E-state index contributed by atoms with van der Waals surface area (Å²) in [6.45, 7) is 6.84. The van der Waals surface area contributed by atoms with Crippen molar-refractivity contribution >= 4 is 40.2 Å². The molecule has 0 N–H and O–H groups in total. The molecule has 0 aromatic carbocycles. The number of methoxy groups -OCH3 is 1. The zero-order chi connectivity index (χ0) is 21.7. The van der Waals surface area contributed by atoms with Crippen molar-refractivity contribution in [2.24, 2.45) is 10.5 Å². The van der Waals surface area contributed by atoms with Crippen molar-refractivity contribution in [1.29, 1.82) is 0 Å². The standard InChI is InChI=1S/C22H29N3O3S2/c1-22(2,3)14-20(26)24(9-10-28-4)15-21(27)25-17(19-8-6-12-30-19)13-16(23-25)18-7-5-11-29-18/h5-8,11-12,17H,9-10,13-15H2,1-4H3. The summed E-state index contributed by atoms with van der Waals surface area (Å²) in [4.78, 5) is 29.9. The van der Waals surface area contributed by atoms with Crippen LogP contribution >= 0.6 is 22.7 Å². The van der Waals surface area contributed by atoms with Crippen molar-refractivity contribution in [3.05, 3.63) is 44.8 Å². The third kappa shape index (κ3) is 5.77. The lowest BCUT2D eigenvalue weighted by Gasteiger charge is -2.28. The first-order chi connectivity index (χ1) is 14.3. The zero-order valence-corrected chi connectivity index (χ0v) is 19.6. The van der Waals surface area contributed by atoms with Crippen LogP contribution in [-0.2, 0) is 14.3 Å². The Balaban J connectivity index is 1.80. The molecule has 6 nitrogen and oxygen atoms in total. The van der Waals surface area contributed by atoms with Gasteiger partial charge in [-0.05, 0) is 28.3 Å². The molecule has 3 heterocycles. The van der Waals surface area contributed by atoms with Crippen LogP contribution in [0, 0.1) is 5.41 Å². The van der Waals surface area contributed by atoms with Gasteiger partial charge in [-0.1, -0.05) is 32.9 Å². The number of amides is 2. The molecule has 1 unspecified atom stereocenters. The van der Waals surface area contributed by atoms with Crippen molar-refractivity contribution < 1.29 is 14.3 Å². The van der Waals surface area contributed by atoms with Gasteiger partial charge in [-0.25, -0.2) is 5.01 Å². The highest BCUT2D eigenvalue weighted by atomic mass is 32.1. The van der Waals surface area contributed by atoms with Crippen LogP contribution in [0.25, 0.3) is 0 Å². The SMILES string of the molecule is COCCN(CC(=O)N1N=C(c2cccs2)CC1c1cccs1)C(=O)CC(C)(C)C. The fraction of sp³-hybridized carbons (Fsp3) is 0.500. The topological polar surface area (TPSA) is 62.2 Å². The maximum absolute atomic E-state index is 13.3. The summed E-state index contributed by atoms with van der Waals surface area (Å²) >= 11 is 3.25. The highest BCUT2D eigenvalue weighted by Gasteiger charge is 2.35. The monoisotopic (exact) mass is 447 g/mol. The van der Waals surface area contributed by atoms with Crippen molar-refractivity contribution in [3.8, 4) is 0 Å². The van der Waals surface area contributed by atoms with Gasteiger partial charge in [0.05, 0.1) is 23.2 Å². The van der Waals surface area contributed by atoms with Crippen LogP contribution in [0.2, 0.25) is 0 Å². The predicted molar refractivity (Wildman–Crippen MR) is 122 cm³/mol. The van der Waals surface area contributed by atoms with Gasteiger partial charge in [0.15, 0.2) is 0 Å². The largest absolute Gasteiger partial charge is 0.383 e. The van der Waals surface area contributed by atoms with E-state index < -0.39 is 0 Å². The normalized spacial score (nSPS) is 16.6. The minimum atomic E-state index is -0.168. The minimum Gasteiger partial charge on any atom is -0.383 e. The molecule has 0 saturated carbocycles. The molecule has 30 heavy (non-hydrogen) atoms. The van der Waals surface area contributed by atoms with Gasteiger partial charge in [-0.15, -0.1) is 22.7 Å². The second kappa shape index (κ2) is 9.85. The summed E-state index contributed by atoms with van der Waals surface area (Å²) in [5.74, 6) is -0.208. The van der Waals surface area contributed by atoms with Gasteiger partial charge in [0.1, 0.15) is 6.54 Å². The fourth-order valence-corrected chi connectivity index (χ4v) is 4.86. The third-order valence-corrected chi connectivity index (χ3v) is 6.66. The van der Waals surface area contributed by atoms with E-state index in [9.17, 15) is 9.59 Å². The first kappa shape index (κ1) is 22.7. The first-order valence-electron chi connectivity index (χ1n) is 10.0. The molecule has 1 atom stereocenters. The van der Waals surface area contributed by atoms with E-state index in [4.69, 9.17) is 4.74 Å². The number of ether oxygens (including phenoxy) is 1. The predicted octanol–water partition coefficient (Wildman–Crippen LogP) is 4.40. The molecule has 0 aliphatic carbocycles. The van der Waals surface area contributed by atoms with Crippen LogP contribution in [0.1, 0.15) is 49.4 Å². The van der Waals surface area contributed by atoms with Gasteiger partial charge >= 0.3 is 0 Å². The molecule has 2 aromatic heterocycles. The van der Waals surface area contributed by atoms with E-state index in [0.717, 1.165) is 15.5 Å². The van der Waals surface area contributed by atoms with Gasteiger partial charge in [0.2, 0.25) is 5.91 Å².